The van der Waals surface area contributed by atoms with Gasteiger partial charge in [-0.05, 0) is 24.5 Å². The lowest BCUT2D eigenvalue weighted by Crippen LogP contribution is -2.40. The molecule has 1 N–H and O–H groups in total. The molecular formula is C11H13NO. The zero-order valence-electron chi connectivity index (χ0n) is 7.71. The first-order valence-corrected chi connectivity index (χ1v) is 4.58. The molecule has 2 heteroatoms. The zero-order valence-corrected chi connectivity index (χ0v) is 7.71. The number of ketones is 1. The molecular weight excluding hydrogens is 162 g/mol. The second-order valence-electron chi connectivity index (χ2n) is 3.52. The van der Waals surface area contributed by atoms with Crippen molar-refractivity contribution in [2.24, 2.45) is 0 Å². The number of benzene rings is 1. The van der Waals surface area contributed by atoms with Crippen molar-refractivity contribution in [2.75, 3.05) is 0 Å². The third-order valence-corrected chi connectivity index (χ3v) is 2.57. The number of hydrogen-bond donors (Lipinski definition) is 1. The van der Waals surface area contributed by atoms with Crippen LogP contribution in [0.15, 0.2) is 24.3 Å². The Balaban J connectivity index is 2.24. The fraction of sp³-hybridized carbons (Fsp3) is 0.364. The van der Waals surface area contributed by atoms with Gasteiger partial charge in [0.1, 0.15) is 5.78 Å². The van der Waals surface area contributed by atoms with E-state index in [1.54, 1.807) is 6.92 Å². The van der Waals surface area contributed by atoms with E-state index in [1.807, 2.05) is 12.1 Å². The lowest BCUT2D eigenvalue weighted by molar-refractivity contribution is -0.119. The number of rotatable bonds is 1. The molecule has 1 atom stereocenters. The molecule has 0 amide bonds. The minimum atomic E-state index is 0.0231. The zero-order chi connectivity index (χ0) is 9.26. The van der Waals surface area contributed by atoms with Gasteiger partial charge in [0.05, 0.1) is 6.04 Å². The molecule has 1 aliphatic rings. The first kappa shape index (κ1) is 8.45. The van der Waals surface area contributed by atoms with Gasteiger partial charge in [-0.15, -0.1) is 0 Å². The number of nitrogens with one attached hydrogen (secondary N) is 1. The molecule has 1 heterocycles. The SMILES string of the molecule is CC(=O)[C@@H]1Cc2ccccc2CN1. The van der Waals surface area contributed by atoms with E-state index in [0.717, 1.165) is 13.0 Å². The summed E-state index contributed by atoms with van der Waals surface area (Å²) in [6.45, 7) is 2.46. The van der Waals surface area contributed by atoms with Crippen LogP contribution in [0.2, 0.25) is 0 Å². The fourth-order valence-electron chi connectivity index (χ4n) is 1.74. The van der Waals surface area contributed by atoms with Crippen molar-refractivity contribution < 1.29 is 4.79 Å². The van der Waals surface area contributed by atoms with E-state index in [-0.39, 0.29) is 11.8 Å². The average molecular weight is 175 g/mol. The highest BCUT2D eigenvalue weighted by molar-refractivity contribution is 5.82. The van der Waals surface area contributed by atoms with Crippen LogP contribution in [0.1, 0.15) is 18.1 Å². The highest BCUT2D eigenvalue weighted by Crippen LogP contribution is 2.16. The Hall–Kier alpha value is -1.15. The monoisotopic (exact) mass is 175 g/mol. The Labute approximate surface area is 78.0 Å². The third-order valence-electron chi connectivity index (χ3n) is 2.57. The second-order valence-corrected chi connectivity index (χ2v) is 3.52. The van der Waals surface area contributed by atoms with Crippen LogP contribution < -0.4 is 5.32 Å². The molecule has 0 aromatic heterocycles. The Morgan fingerprint density at radius 1 is 1.38 bits per heavy atom. The molecule has 0 aliphatic carbocycles. The fourth-order valence-corrected chi connectivity index (χ4v) is 1.74. The summed E-state index contributed by atoms with van der Waals surface area (Å²) in [5.74, 6) is 0.231. The topological polar surface area (TPSA) is 29.1 Å². The van der Waals surface area contributed by atoms with Crippen LogP contribution in [-0.4, -0.2) is 11.8 Å². The van der Waals surface area contributed by atoms with E-state index in [2.05, 4.69) is 17.4 Å². The van der Waals surface area contributed by atoms with Crippen molar-refractivity contribution in [3.63, 3.8) is 0 Å². The number of carbonyl (C=O) groups is 1. The number of fused-ring (bicyclic) bond motifs is 1. The molecule has 0 bridgehead atoms. The van der Waals surface area contributed by atoms with Gasteiger partial charge in [0.15, 0.2) is 0 Å². The second kappa shape index (κ2) is 3.30. The minimum Gasteiger partial charge on any atom is -0.303 e. The van der Waals surface area contributed by atoms with E-state index >= 15 is 0 Å². The summed E-state index contributed by atoms with van der Waals surface area (Å²) in [6, 6.07) is 8.30. The normalized spacial score (nSPS) is 20.8. The lowest BCUT2D eigenvalue weighted by Gasteiger charge is -2.23. The molecule has 1 aromatic rings. The van der Waals surface area contributed by atoms with Gasteiger partial charge in [-0.1, -0.05) is 24.3 Å². The average Bonchev–Trinajstić information content (AvgIpc) is 2.17. The van der Waals surface area contributed by atoms with Gasteiger partial charge in [-0.3, -0.25) is 4.79 Å². The van der Waals surface area contributed by atoms with E-state index in [1.165, 1.54) is 11.1 Å². The molecule has 0 fully saturated rings. The van der Waals surface area contributed by atoms with Crippen LogP contribution in [0, 0.1) is 0 Å². The summed E-state index contributed by atoms with van der Waals surface area (Å²) in [5, 5.41) is 3.23. The standard InChI is InChI=1S/C11H13NO/c1-8(13)11-6-9-4-2-3-5-10(9)7-12-11/h2-5,11-12H,6-7H2,1H3/t11-/m0/s1. The van der Waals surface area contributed by atoms with Crippen molar-refractivity contribution in [3.05, 3.63) is 35.4 Å². The van der Waals surface area contributed by atoms with E-state index in [9.17, 15) is 4.79 Å². The van der Waals surface area contributed by atoms with E-state index in [4.69, 9.17) is 0 Å². The maximum atomic E-state index is 11.1. The summed E-state index contributed by atoms with van der Waals surface area (Å²) >= 11 is 0. The molecule has 0 radical (unpaired) electrons. The molecule has 0 spiro atoms. The highest BCUT2D eigenvalue weighted by atomic mass is 16.1. The van der Waals surface area contributed by atoms with Gasteiger partial charge in [-0.25, -0.2) is 0 Å². The predicted octanol–water partition coefficient (Wildman–Crippen LogP) is 1.29. The van der Waals surface area contributed by atoms with Crippen molar-refractivity contribution >= 4 is 5.78 Å². The summed E-state index contributed by atoms with van der Waals surface area (Å²) < 4.78 is 0. The summed E-state index contributed by atoms with van der Waals surface area (Å²) in [6.07, 6.45) is 0.839. The highest BCUT2D eigenvalue weighted by Gasteiger charge is 2.20. The molecule has 2 nitrogen and oxygen atoms in total. The molecule has 0 saturated carbocycles. The Kier molecular flexibility index (Phi) is 2.15. The molecule has 1 aliphatic heterocycles. The van der Waals surface area contributed by atoms with Crippen LogP contribution in [-0.2, 0) is 17.8 Å². The maximum Gasteiger partial charge on any atom is 0.147 e. The van der Waals surface area contributed by atoms with Gasteiger partial charge >= 0.3 is 0 Å². The van der Waals surface area contributed by atoms with Gasteiger partial charge in [0.25, 0.3) is 0 Å². The van der Waals surface area contributed by atoms with E-state index in [0.29, 0.717) is 0 Å². The van der Waals surface area contributed by atoms with Crippen LogP contribution in [0.3, 0.4) is 0 Å². The third kappa shape index (κ3) is 1.63. The van der Waals surface area contributed by atoms with Crippen LogP contribution in [0.25, 0.3) is 0 Å². The minimum absolute atomic E-state index is 0.0231. The summed E-state index contributed by atoms with van der Waals surface area (Å²) in [7, 11) is 0. The van der Waals surface area contributed by atoms with Gasteiger partial charge in [0, 0.05) is 6.54 Å². The van der Waals surface area contributed by atoms with Gasteiger partial charge in [-0.2, -0.15) is 0 Å². The molecule has 1 aromatic carbocycles. The molecule has 13 heavy (non-hydrogen) atoms. The Bertz CT molecular complexity index is 333. The molecule has 0 unspecified atom stereocenters. The van der Waals surface area contributed by atoms with Crippen molar-refractivity contribution in [3.8, 4) is 0 Å². The van der Waals surface area contributed by atoms with Gasteiger partial charge in [0.2, 0.25) is 0 Å². The summed E-state index contributed by atoms with van der Waals surface area (Å²) in [4.78, 5) is 11.1. The Morgan fingerprint density at radius 2 is 2.08 bits per heavy atom. The molecule has 0 saturated heterocycles. The summed E-state index contributed by atoms with van der Waals surface area (Å²) in [5.41, 5.74) is 2.63. The molecule has 68 valence electrons. The number of hydrogen-bond acceptors (Lipinski definition) is 2. The van der Waals surface area contributed by atoms with Crippen LogP contribution in [0.4, 0.5) is 0 Å². The largest absolute Gasteiger partial charge is 0.303 e. The Morgan fingerprint density at radius 3 is 2.77 bits per heavy atom. The smallest absolute Gasteiger partial charge is 0.147 e. The predicted molar refractivity (Wildman–Crippen MR) is 51.5 cm³/mol. The van der Waals surface area contributed by atoms with Gasteiger partial charge < -0.3 is 5.32 Å². The van der Waals surface area contributed by atoms with Crippen molar-refractivity contribution in [1.29, 1.82) is 0 Å². The van der Waals surface area contributed by atoms with Crippen molar-refractivity contribution in [2.45, 2.75) is 25.9 Å². The maximum absolute atomic E-state index is 11.1. The van der Waals surface area contributed by atoms with E-state index < -0.39 is 0 Å². The number of Topliss-reactive ketones (excluding diaryl/α,β-unsaturated/α-hetero) is 1. The quantitative estimate of drug-likeness (QED) is 0.696. The van der Waals surface area contributed by atoms with Crippen LogP contribution in [0.5, 0.6) is 0 Å². The first-order valence-electron chi connectivity index (χ1n) is 4.58. The molecule has 2 rings (SSSR count). The number of carbonyl (C=O) groups excluding carboxylic acids is 1. The first-order chi connectivity index (χ1) is 6.27. The van der Waals surface area contributed by atoms with Crippen molar-refractivity contribution in [1.82, 2.24) is 5.32 Å². The van der Waals surface area contributed by atoms with Crippen LogP contribution >= 0.6 is 0 Å². The lowest BCUT2D eigenvalue weighted by atomic mass is 9.94.